The Labute approximate surface area is 108 Å². The maximum atomic E-state index is 10.4. The van der Waals surface area contributed by atoms with Crippen molar-refractivity contribution >= 4 is 0 Å². The molecule has 0 aromatic carbocycles. The molecule has 1 aromatic heterocycles. The minimum atomic E-state index is -0.392. The first-order valence-electron chi connectivity index (χ1n) is 7.44. The highest BCUT2D eigenvalue weighted by Gasteiger charge is 2.51. The van der Waals surface area contributed by atoms with E-state index in [1.165, 1.54) is 38.5 Å². The van der Waals surface area contributed by atoms with Crippen molar-refractivity contribution in [2.24, 2.45) is 23.2 Å². The van der Waals surface area contributed by atoms with Crippen molar-refractivity contribution in [2.75, 3.05) is 0 Å². The molecule has 2 nitrogen and oxygen atoms in total. The third-order valence-electron chi connectivity index (χ3n) is 5.66. The van der Waals surface area contributed by atoms with Crippen LogP contribution in [0.4, 0.5) is 0 Å². The Morgan fingerprint density at radius 2 is 1.78 bits per heavy atom. The molecule has 0 radical (unpaired) electrons. The Kier molecular flexibility index (Phi) is 2.38. The SMILES string of the molecule is OC(CC12CC3CC(CC(C3)C1)C2)c1ccco1. The smallest absolute Gasteiger partial charge is 0.132 e. The molecule has 1 N–H and O–H groups in total. The molecule has 0 aliphatic heterocycles. The second-order valence-corrected chi connectivity index (χ2v) is 7.15. The van der Waals surface area contributed by atoms with E-state index in [0.717, 1.165) is 29.9 Å². The van der Waals surface area contributed by atoms with Gasteiger partial charge < -0.3 is 9.52 Å². The molecule has 0 saturated heterocycles. The number of hydrogen-bond acceptors (Lipinski definition) is 2. The van der Waals surface area contributed by atoms with Gasteiger partial charge in [-0.25, -0.2) is 0 Å². The quantitative estimate of drug-likeness (QED) is 0.877. The zero-order valence-corrected chi connectivity index (χ0v) is 10.8. The summed E-state index contributed by atoms with van der Waals surface area (Å²) in [4.78, 5) is 0. The second-order valence-electron chi connectivity index (χ2n) is 7.15. The Bertz CT molecular complexity index is 385. The summed E-state index contributed by atoms with van der Waals surface area (Å²) in [5.41, 5.74) is 0.432. The van der Waals surface area contributed by atoms with Crippen molar-refractivity contribution in [3.05, 3.63) is 24.2 Å². The van der Waals surface area contributed by atoms with Crippen LogP contribution in [0.15, 0.2) is 22.8 Å². The summed E-state index contributed by atoms with van der Waals surface area (Å²) in [6.45, 7) is 0. The molecule has 0 amide bonds. The van der Waals surface area contributed by atoms with E-state index in [4.69, 9.17) is 4.42 Å². The van der Waals surface area contributed by atoms with Crippen molar-refractivity contribution in [1.29, 1.82) is 0 Å². The molecule has 0 spiro atoms. The van der Waals surface area contributed by atoms with E-state index in [-0.39, 0.29) is 0 Å². The first-order chi connectivity index (χ1) is 8.72. The summed E-state index contributed by atoms with van der Waals surface area (Å²) < 4.78 is 5.36. The van der Waals surface area contributed by atoms with E-state index < -0.39 is 6.10 Å². The van der Waals surface area contributed by atoms with Gasteiger partial charge in [-0.2, -0.15) is 0 Å². The van der Waals surface area contributed by atoms with Crippen LogP contribution in [0.3, 0.4) is 0 Å². The Morgan fingerprint density at radius 3 is 2.28 bits per heavy atom. The Hall–Kier alpha value is -0.760. The molecule has 98 valence electrons. The lowest BCUT2D eigenvalue weighted by Crippen LogP contribution is -2.46. The van der Waals surface area contributed by atoms with Gasteiger partial charge >= 0.3 is 0 Å². The maximum Gasteiger partial charge on any atom is 0.132 e. The molecule has 18 heavy (non-hydrogen) atoms. The normalized spacial score (nSPS) is 43.3. The standard InChI is InChI=1S/C16H22O2/c17-14(15-2-1-3-18-15)10-16-7-11-4-12(8-16)6-13(5-11)9-16/h1-3,11-14,17H,4-10H2. The number of furan rings is 1. The van der Waals surface area contributed by atoms with E-state index in [1.54, 1.807) is 6.26 Å². The van der Waals surface area contributed by atoms with Crippen molar-refractivity contribution in [2.45, 2.75) is 51.0 Å². The fourth-order valence-corrected chi connectivity index (χ4v) is 5.53. The van der Waals surface area contributed by atoms with Gasteiger partial charge in [-0.3, -0.25) is 0 Å². The van der Waals surface area contributed by atoms with Crippen LogP contribution in [-0.2, 0) is 0 Å². The molecule has 2 heteroatoms. The fourth-order valence-electron chi connectivity index (χ4n) is 5.53. The van der Waals surface area contributed by atoms with Crippen LogP contribution >= 0.6 is 0 Å². The van der Waals surface area contributed by atoms with Gasteiger partial charge in [0.2, 0.25) is 0 Å². The fraction of sp³-hybridized carbons (Fsp3) is 0.750. The summed E-state index contributed by atoms with van der Waals surface area (Å²) in [5.74, 6) is 3.63. The second kappa shape index (κ2) is 3.86. The minimum absolute atomic E-state index is 0.392. The number of aliphatic hydroxyl groups is 1. The van der Waals surface area contributed by atoms with Gasteiger partial charge in [0.15, 0.2) is 0 Å². The summed E-state index contributed by atoms with van der Waals surface area (Å²) >= 11 is 0. The number of rotatable bonds is 3. The van der Waals surface area contributed by atoms with Crippen LogP contribution in [0.2, 0.25) is 0 Å². The average Bonchev–Trinajstić information content (AvgIpc) is 2.79. The molecule has 4 aliphatic carbocycles. The topological polar surface area (TPSA) is 33.4 Å². The zero-order valence-electron chi connectivity index (χ0n) is 10.8. The van der Waals surface area contributed by atoms with Crippen molar-refractivity contribution in [1.82, 2.24) is 0 Å². The molecule has 1 unspecified atom stereocenters. The van der Waals surface area contributed by atoms with E-state index in [0.29, 0.717) is 5.41 Å². The predicted molar refractivity (Wildman–Crippen MR) is 68.9 cm³/mol. The van der Waals surface area contributed by atoms with Crippen LogP contribution in [0.25, 0.3) is 0 Å². The van der Waals surface area contributed by atoms with Gasteiger partial charge in [-0.1, -0.05) is 0 Å². The van der Waals surface area contributed by atoms with E-state index in [9.17, 15) is 5.11 Å². The van der Waals surface area contributed by atoms with Crippen LogP contribution in [0, 0.1) is 23.2 Å². The van der Waals surface area contributed by atoms with Gasteiger partial charge in [-0.05, 0) is 80.2 Å². The molecular weight excluding hydrogens is 224 g/mol. The summed E-state index contributed by atoms with van der Waals surface area (Å²) in [6.07, 6.45) is 10.7. The molecule has 5 rings (SSSR count). The highest BCUT2D eigenvalue weighted by atomic mass is 16.4. The zero-order chi connectivity index (χ0) is 12.2. The van der Waals surface area contributed by atoms with Gasteiger partial charge in [0.05, 0.1) is 6.26 Å². The van der Waals surface area contributed by atoms with Crippen LogP contribution < -0.4 is 0 Å². The predicted octanol–water partition coefficient (Wildman–Crippen LogP) is 3.92. The van der Waals surface area contributed by atoms with Gasteiger partial charge in [-0.15, -0.1) is 0 Å². The van der Waals surface area contributed by atoms with Gasteiger partial charge in [0.25, 0.3) is 0 Å². The highest BCUT2D eigenvalue weighted by molar-refractivity contribution is 5.07. The first kappa shape index (κ1) is 11.1. The van der Waals surface area contributed by atoms with E-state index in [2.05, 4.69) is 0 Å². The molecular formula is C16H22O2. The minimum Gasteiger partial charge on any atom is -0.467 e. The largest absolute Gasteiger partial charge is 0.467 e. The van der Waals surface area contributed by atoms with Crippen LogP contribution in [-0.4, -0.2) is 5.11 Å². The average molecular weight is 246 g/mol. The van der Waals surface area contributed by atoms with Crippen LogP contribution in [0.5, 0.6) is 0 Å². The number of aliphatic hydroxyl groups excluding tert-OH is 1. The third-order valence-corrected chi connectivity index (χ3v) is 5.66. The Morgan fingerprint density at radius 1 is 1.17 bits per heavy atom. The molecule has 4 saturated carbocycles. The van der Waals surface area contributed by atoms with Gasteiger partial charge in [0.1, 0.15) is 11.9 Å². The first-order valence-corrected chi connectivity index (χ1v) is 7.44. The van der Waals surface area contributed by atoms with E-state index >= 15 is 0 Å². The Balaban J connectivity index is 1.54. The van der Waals surface area contributed by atoms with Crippen molar-refractivity contribution in [3.8, 4) is 0 Å². The monoisotopic (exact) mass is 246 g/mol. The lowest BCUT2D eigenvalue weighted by Gasteiger charge is -2.57. The molecule has 4 aliphatic rings. The highest BCUT2D eigenvalue weighted by Crippen LogP contribution is 2.62. The summed E-state index contributed by atoms with van der Waals surface area (Å²) in [7, 11) is 0. The summed E-state index contributed by atoms with van der Waals surface area (Å²) in [5, 5.41) is 10.4. The molecule has 1 aromatic rings. The molecule has 1 heterocycles. The molecule has 1 atom stereocenters. The maximum absolute atomic E-state index is 10.4. The third kappa shape index (κ3) is 1.73. The lowest BCUT2D eigenvalue weighted by molar-refractivity contribution is -0.0787. The van der Waals surface area contributed by atoms with Crippen molar-refractivity contribution in [3.63, 3.8) is 0 Å². The van der Waals surface area contributed by atoms with Crippen molar-refractivity contribution < 1.29 is 9.52 Å². The molecule has 4 bridgehead atoms. The van der Waals surface area contributed by atoms with E-state index in [1.807, 2.05) is 12.1 Å². The van der Waals surface area contributed by atoms with Gasteiger partial charge in [0, 0.05) is 0 Å². The molecule has 4 fully saturated rings. The summed E-state index contributed by atoms with van der Waals surface area (Å²) in [6, 6.07) is 3.78. The number of hydrogen-bond donors (Lipinski definition) is 1. The lowest BCUT2D eigenvalue weighted by atomic mass is 9.48. The van der Waals surface area contributed by atoms with Crippen LogP contribution in [0.1, 0.15) is 56.8 Å².